The van der Waals surface area contributed by atoms with Crippen LogP contribution >= 0.6 is 11.8 Å². The summed E-state index contributed by atoms with van der Waals surface area (Å²) in [7, 11) is 0. The predicted molar refractivity (Wildman–Crippen MR) is 97.0 cm³/mol. The van der Waals surface area contributed by atoms with Crippen LogP contribution in [0.5, 0.6) is 0 Å². The number of rotatable bonds is 8. The van der Waals surface area contributed by atoms with Gasteiger partial charge in [-0.25, -0.2) is 0 Å². The molecule has 7 heteroatoms. The number of hydrogen-bond acceptors (Lipinski definition) is 5. The third-order valence-corrected chi connectivity index (χ3v) is 4.54. The predicted octanol–water partition coefficient (Wildman–Crippen LogP) is 3.36. The number of amides is 1. The van der Waals surface area contributed by atoms with E-state index < -0.39 is 0 Å². The van der Waals surface area contributed by atoms with Crippen LogP contribution in [0, 0.1) is 0 Å². The molecule has 0 bridgehead atoms. The van der Waals surface area contributed by atoms with Crippen molar-refractivity contribution in [1.82, 2.24) is 20.1 Å². The van der Waals surface area contributed by atoms with E-state index in [0.29, 0.717) is 23.9 Å². The van der Waals surface area contributed by atoms with Crippen LogP contribution < -0.4 is 5.32 Å². The minimum atomic E-state index is -0.0283. The molecule has 3 rings (SSSR count). The van der Waals surface area contributed by atoms with E-state index in [4.69, 9.17) is 4.42 Å². The molecule has 25 heavy (non-hydrogen) atoms. The Hall–Kier alpha value is -2.54. The largest absolute Gasteiger partial charge is 0.461 e. The molecular formula is C18H20N4O2S. The molecule has 0 unspecified atom stereocenters. The average molecular weight is 356 g/mol. The summed E-state index contributed by atoms with van der Waals surface area (Å²) >= 11 is 1.38. The lowest BCUT2D eigenvalue weighted by atomic mass is 10.2. The summed E-state index contributed by atoms with van der Waals surface area (Å²) in [5.74, 6) is 1.65. The van der Waals surface area contributed by atoms with E-state index in [1.54, 1.807) is 6.26 Å². The van der Waals surface area contributed by atoms with Gasteiger partial charge in [-0.15, -0.1) is 10.2 Å². The second kappa shape index (κ2) is 8.53. The second-order valence-corrected chi connectivity index (χ2v) is 6.43. The molecule has 0 spiro atoms. The highest BCUT2D eigenvalue weighted by Gasteiger charge is 2.16. The van der Waals surface area contributed by atoms with Crippen molar-refractivity contribution in [3.63, 3.8) is 0 Å². The Morgan fingerprint density at radius 1 is 1.20 bits per heavy atom. The number of benzene rings is 1. The van der Waals surface area contributed by atoms with Crippen LogP contribution in [0.25, 0.3) is 11.6 Å². The van der Waals surface area contributed by atoms with Crippen LogP contribution in [0.15, 0.2) is 58.3 Å². The number of carbonyl (C=O) groups is 1. The van der Waals surface area contributed by atoms with Gasteiger partial charge in [0.15, 0.2) is 16.7 Å². The number of carbonyl (C=O) groups excluding carboxylic acids is 1. The van der Waals surface area contributed by atoms with Gasteiger partial charge < -0.3 is 9.73 Å². The van der Waals surface area contributed by atoms with Gasteiger partial charge in [-0.1, -0.05) is 49.0 Å². The first-order chi connectivity index (χ1) is 12.3. The third-order valence-electron chi connectivity index (χ3n) is 3.57. The summed E-state index contributed by atoms with van der Waals surface area (Å²) in [4.78, 5) is 12.1. The van der Waals surface area contributed by atoms with Crippen molar-refractivity contribution in [2.24, 2.45) is 0 Å². The first-order valence-corrected chi connectivity index (χ1v) is 9.17. The molecule has 1 N–H and O–H groups in total. The molecule has 0 saturated carbocycles. The van der Waals surface area contributed by atoms with Crippen molar-refractivity contribution < 1.29 is 9.21 Å². The molecular weight excluding hydrogens is 336 g/mol. The van der Waals surface area contributed by atoms with Crippen LogP contribution in [-0.4, -0.2) is 26.4 Å². The fourth-order valence-electron chi connectivity index (χ4n) is 2.39. The average Bonchev–Trinajstić information content (AvgIpc) is 3.29. The van der Waals surface area contributed by atoms with Crippen molar-refractivity contribution in [3.8, 4) is 11.6 Å². The van der Waals surface area contributed by atoms with E-state index in [-0.39, 0.29) is 5.91 Å². The monoisotopic (exact) mass is 356 g/mol. The molecule has 0 aliphatic carbocycles. The van der Waals surface area contributed by atoms with Crippen LogP contribution in [0.4, 0.5) is 0 Å². The molecule has 0 aliphatic heterocycles. The molecule has 3 aromatic rings. The molecule has 1 amide bonds. The van der Waals surface area contributed by atoms with E-state index in [0.717, 1.165) is 23.7 Å². The zero-order chi connectivity index (χ0) is 17.5. The number of nitrogens with zero attached hydrogens (tertiary/aromatic N) is 3. The fraction of sp³-hybridized carbons (Fsp3) is 0.278. The summed E-state index contributed by atoms with van der Waals surface area (Å²) in [6, 6.07) is 13.5. The Bertz CT molecular complexity index is 800. The lowest BCUT2D eigenvalue weighted by Crippen LogP contribution is -2.24. The van der Waals surface area contributed by atoms with Crippen LogP contribution in [0.3, 0.4) is 0 Å². The maximum absolute atomic E-state index is 12.1. The maximum atomic E-state index is 12.1. The van der Waals surface area contributed by atoms with Gasteiger partial charge in [0.2, 0.25) is 5.91 Å². The Kier molecular flexibility index (Phi) is 5.90. The van der Waals surface area contributed by atoms with E-state index in [2.05, 4.69) is 22.4 Å². The Labute approximate surface area is 150 Å². The van der Waals surface area contributed by atoms with Crippen LogP contribution in [0.2, 0.25) is 0 Å². The van der Waals surface area contributed by atoms with Gasteiger partial charge in [0, 0.05) is 13.1 Å². The maximum Gasteiger partial charge on any atom is 0.230 e. The highest BCUT2D eigenvalue weighted by molar-refractivity contribution is 7.99. The quantitative estimate of drug-likeness (QED) is 0.627. The highest BCUT2D eigenvalue weighted by atomic mass is 32.2. The Balaban J connectivity index is 1.60. The summed E-state index contributed by atoms with van der Waals surface area (Å²) < 4.78 is 7.42. The van der Waals surface area contributed by atoms with E-state index in [9.17, 15) is 4.79 Å². The number of furan rings is 1. The highest BCUT2D eigenvalue weighted by Crippen LogP contribution is 2.24. The van der Waals surface area contributed by atoms with Crippen molar-refractivity contribution in [3.05, 3.63) is 54.3 Å². The molecule has 0 radical (unpaired) electrons. The molecule has 0 saturated heterocycles. The molecule has 2 heterocycles. The fourth-order valence-corrected chi connectivity index (χ4v) is 3.18. The molecule has 0 aliphatic rings. The van der Waals surface area contributed by atoms with E-state index in [1.165, 1.54) is 11.8 Å². The van der Waals surface area contributed by atoms with Crippen molar-refractivity contribution in [2.75, 3.05) is 5.75 Å². The standard InChI is InChI=1S/C18H20N4O2S/c1-2-10-22-17(15-9-6-11-24-15)20-21-18(22)25-13-16(23)19-12-14-7-4-3-5-8-14/h3-9,11H,2,10,12-13H2,1H3,(H,19,23). The minimum absolute atomic E-state index is 0.0283. The third kappa shape index (κ3) is 4.51. The van der Waals surface area contributed by atoms with Gasteiger partial charge in [0.25, 0.3) is 0 Å². The van der Waals surface area contributed by atoms with Gasteiger partial charge in [-0.3, -0.25) is 9.36 Å². The van der Waals surface area contributed by atoms with E-state index >= 15 is 0 Å². The first kappa shape index (κ1) is 17.3. The van der Waals surface area contributed by atoms with Gasteiger partial charge >= 0.3 is 0 Å². The lowest BCUT2D eigenvalue weighted by molar-refractivity contribution is -0.118. The second-order valence-electron chi connectivity index (χ2n) is 5.49. The normalized spacial score (nSPS) is 10.8. The van der Waals surface area contributed by atoms with Gasteiger partial charge in [0.05, 0.1) is 12.0 Å². The molecule has 130 valence electrons. The van der Waals surface area contributed by atoms with Crippen molar-refractivity contribution in [2.45, 2.75) is 31.6 Å². The Morgan fingerprint density at radius 3 is 2.76 bits per heavy atom. The number of aromatic nitrogens is 3. The summed E-state index contributed by atoms with van der Waals surface area (Å²) in [6.07, 6.45) is 2.56. The lowest BCUT2D eigenvalue weighted by Gasteiger charge is -2.08. The molecule has 2 aromatic heterocycles. The van der Waals surface area contributed by atoms with Crippen molar-refractivity contribution in [1.29, 1.82) is 0 Å². The van der Waals surface area contributed by atoms with Gasteiger partial charge in [-0.05, 0) is 24.1 Å². The summed E-state index contributed by atoms with van der Waals surface area (Å²) in [5.41, 5.74) is 1.08. The zero-order valence-electron chi connectivity index (χ0n) is 14.0. The molecule has 6 nitrogen and oxygen atoms in total. The number of nitrogens with one attached hydrogen (secondary N) is 1. The summed E-state index contributed by atoms with van der Waals surface area (Å²) in [5, 5.41) is 12.1. The molecule has 1 aromatic carbocycles. The smallest absolute Gasteiger partial charge is 0.230 e. The van der Waals surface area contributed by atoms with Gasteiger partial charge in [0.1, 0.15) is 0 Å². The molecule has 0 fully saturated rings. The minimum Gasteiger partial charge on any atom is -0.461 e. The zero-order valence-corrected chi connectivity index (χ0v) is 14.8. The first-order valence-electron chi connectivity index (χ1n) is 8.18. The van der Waals surface area contributed by atoms with E-state index in [1.807, 2.05) is 47.0 Å². The Morgan fingerprint density at radius 2 is 2.04 bits per heavy atom. The van der Waals surface area contributed by atoms with Crippen molar-refractivity contribution >= 4 is 17.7 Å². The van der Waals surface area contributed by atoms with Gasteiger partial charge in [-0.2, -0.15) is 0 Å². The molecule has 0 atom stereocenters. The SMILES string of the molecule is CCCn1c(SCC(=O)NCc2ccccc2)nnc1-c1ccco1. The topological polar surface area (TPSA) is 73.0 Å². The summed E-state index contributed by atoms with van der Waals surface area (Å²) in [6.45, 7) is 3.39. The number of hydrogen-bond donors (Lipinski definition) is 1. The van der Waals surface area contributed by atoms with Crippen LogP contribution in [-0.2, 0) is 17.9 Å². The number of thioether (sulfide) groups is 1. The van der Waals surface area contributed by atoms with Crippen LogP contribution in [0.1, 0.15) is 18.9 Å².